The van der Waals surface area contributed by atoms with Crippen LogP contribution in [0.5, 0.6) is 0 Å². The van der Waals surface area contributed by atoms with Crippen LogP contribution in [0.1, 0.15) is 5.56 Å². The average Bonchev–Trinajstić information content (AvgIpc) is 2.33. The van der Waals surface area contributed by atoms with E-state index in [1.54, 1.807) is 0 Å². The molecule has 0 spiro atoms. The fourth-order valence-electron chi connectivity index (χ4n) is 1.67. The first-order valence-electron chi connectivity index (χ1n) is 5.59. The van der Waals surface area contributed by atoms with Gasteiger partial charge in [0.1, 0.15) is 0 Å². The van der Waals surface area contributed by atoms with Crippen LogP contribution in [0.2, 0.25) is 5.02 Å². The van der Waals surface area contributed by atoms with Crippen molar-refractivity contribution in [2.45, 2.75) is 12.7 Å². The monoisotopic (exact) mass is 319 g/mol. The number of hydrogen-bond donors (Lipinski definition) is 1. The van der Waals surface area contributed by atoms with E-state index in [-0.39, 0.29) is 6.10 Å². The highest BCUT2D eigenvalue weighted by molar-refractivity contribution is 9.10. The van der Waals surface area contributed by atoms with Gasteiger partial charge in [0.2, 0.25) is 0 Å². The molecule has 0 amide bonds. The summed E-state index contributed by atoms with van der Waals surface area (Å²) in [6.45, 7) is 3.65. The summed E-state index contributed by atoms with van der Waals surface area (Å²) in [6.07, 6.45) is 0.151. The van der Waals surface area contributed by atoms with Crippen LogP contribution in [-0.4, -0.2) is 32.4 Å². The van der Waals surface area contributed by atoms with Crippen molar-refractivity contribution in [1.82, 2.24) is 5.32 Å². The quantitative estimate of drug-likeness (QED) is 0.925. The van der Waals surface area contributed by atoms with Gasteiger partial charge in [-0.05, 0) is 17.7 Å². The minimum atomic E-state index is 0.151. The van der Waals surface area contributed by atoms with Gasteiger partial charge in [0.15, 0.2) is 0 Å². The molecule has 0 saturated carbocycles. The molecule has 1 aliphatic heterocycles. The minimum absolute atomic E-state index is 0.151. The van der Waals surface area contributed by atoms with Gasteiger partial charge in [-0.1, -0.05) is 33.6 Å². The molecule has 0 radical (unpaired) electrons. The maximum absolute atomic E-state index is 6.10. The Morgan fingerprint density at radius 1 is 1.53 bits per heavy atom. The van der Waals surface area contributed by atoms with Crippen molar-refractivity contribution in [3.8, 4) is 0 Å². The van der Waals surface area contributed by atoms with E-state index >= 15 is 0 Å². The topological polar surface area (TPSA) is 30.5 Å². The van der Waals surface area contributed by atoms with E-state index in [9.17, 15) is 0 Å². The van der Waals surface area contributed by atoms with Gasteiger partial charge in [0.05, 0.1) is 25.9 Å². The largest absolute Gasteiger partial charge is 0.374 e. The molecule has 2 rings (SSSR count). The van der Waals surface area contributed by atoms with Gasteiger partial charge in [0.25, 0.3) is 0 Å². The number of rotatable bonds is 4. The standard InChI is InChI=1S/C12H15BrClNO2/c13-10-2-1-9(12(14)5-10)7-16-8-11-6-15-3-4-17-11/h1-2,5,11,15H,3-4,6-8H2. The second-order valence-electron chi connectivity index (χ2n) is 3.95. The minimum Gasteiger partial charge on any atom is -0.374 e. The lowest BCUT2D eigenvalue weighted by molar-refractivity contribution is -0.0357. The van der Waals surface area contributed by atoms with E-state index < -0.39 is 0 Å². The summed E-state index contributed by atoms with van der Waals surface area (Å²) < 4.78 is 12.1. The summed E-state index contributed by atoms with van der Waals surface area (Å²) in [5, 5.41) is 3.99. The van der Waals surface area contributed by atoms with Crippen LogP contribution < -0.4 is 5.32 Å². The highest BCUT2D eigenvalue weighted by Crippen LogP contribution is 2.22. The van der Waals surface area contributed by atoms with E-state index in [0.717, 1.165) is 34.8 Å². The fraction of sp³-hybridized carbons (Fsp3) is 0.500. The molecule has 0 aromatic heterocycles. The third kappa shape index (κ3) is 4.23. The van der Waals surface area contributed by atoms with E-state index in [2.05, 4.69) is 21.2 Å². The first-order valence-corrected chi connectivity index (χ1v) is 6.77. The second kappa shape index (κ2) is 6.71. The molecule has 1 N–H and O–H groups in total. The van der Waals surface area contributed by atoms with E-state index in [0.29, 0.717) is 13.2 Å². The van der Waals surface area contributed by atoms with Gasteiger partial charge in [-0.3, -0.25) is 0 Å². The molecule has 94 valence electrons. The lowest BCUT2D eigenvalue weighted by Crippen LogP contribution is -2.40. The first kappa shape index (κ1) is 13.3. The van der Waals surface area contributed by atoms with Gasteiger partial charge in [-0.25, -0.2) is 0 Å². The summed E-state index contributed by atoms with van der Waals surface area (Å²) in [4.78, 5) is 0. The Hall–Kier alpha value is -0.130. The Morgan fingerprint density at radius 3 is 3.12 bits per heavy atom. The summed E-state index contributed by atoms with van der Waals surface area (Å²) in [7, 11) is 0. The Bertz CT molecular complexity index is 370. The molecule has 5 heteroatoms. The molecular formula is C12H15BrClNO2. The van der Waals surface area contributed by atoms with Crippen LogP contribution in [-0.2, 0) is 16.1 Å². The third-order valence-electron chi connectivity index (χ3n) is 2.58. The van der Waals surface area contributed by atoms with Crippen molar-refractivity contribution in [1.29, 1.82) is 0 Å². The Labute approximate surface area is 115 Å². The second-order valence-corrected chi connectivity index (χ2v) is 5.27. The summed E-state index contributed by atoms with van der Waals surface area (Å²) in [5.74, 6) is 0. The molecule has 1 aromatic rings. The number of nitrogens with one attached hydrogen (secondary N) is 1. The molecule has 1 fully saturated rings. The lowest BCUT2D eigenvalue weighted by Gasteiger charge is -2.23. The van der Waals surface area contributed by atoms with Crippen LogP contribution in [0.3, 0.4) is 0 Å². The lowest BCUT2D eigenvalue weighted by atomic mass is 10.2. The Kier molecular flexibility index (Phi) is 5.25. The van der Waals surface area contributed by atoms with Crippen LogP contribution >= 0.6 is 27.5 Å². The highest BCUT2D eigenvalue weighted by atomic mass is 79.9. The molecule has 0 bridgehead atoms. The van der Waals surface area contributed by atoms with E-state index in [1.165, 1.54) is 0 Å². The molecule has 3 nitrogen and oxygen atoms in total. The Morgan fingerprint density at radius 2 is 2.41 bits per heavy atom. The zero-order chi connectivity index (χ0) is 12.1. The fourth-order valence-corrected chi connectivity index (χ4v) is 2.39. The van der Waals surface area contributed by atoms with Gasteiger partial charge >= 0.3 is 0 Å². The van der Waals surface area contributed by atoms with Crippen LogP contribution in [0.15, 0.2) is 22.7 Å². The first-order chi connectivity index (χ1) is 8.25. The number of ether oxygens (including phenoxy) is 2. The SMILES string of the molecule is Clc1cc(Br)ccc1COCC1CNCCO1. The molecule has 17 heavy (non-hydrogen) atoms. The molecule has 1 unspecified atom stereocenters. The van der Waals surface area contributed by atoms with Crippen molar-refractivity contribution >= 4 is 27.5 Å². The van der Waals surface area contributed by atoms with Gasteiger partial charge < -0.3 is 14.8 Å². The number of halogens is 2. The van der Waals surface area contributed by atoms with Crippen molar-refractivity contribution < 1.29 is 9.47 Å². The van der Waals surface area contributed by atoms with Crippen molar-refractivity contribution in [3.63, 3.8) is 0 Å². The summed E-state index contributed by atoms with van der Waals surface area (Å²) in [5.41, 5.74) is 0.999. The smallest absolute Gasteiger partial charge is 0.0933 e. The van der Waals surface area contributed by atoms with Crippen LogP contribution in [0.25, 0.3) is 0 Å². The molecular weight excluding hydrogens is 305 g/mol. The Balaban J connectivity index is 1.77. The van der Waals surface area contributed by atoms with Crippen LogP contribution in [0.4, 0.5) is 0 Å². The number of benzene rings is 1. The van der Waals surface area contributed by atoms with Crippen LogP contribution in [0, 0.1) is 0 Å². The highest BCUT2D eigenvalue weighted by Gasteiger charge is 2.13. The predicted octanol–water partition coefficient (Wildman–Crippen LogP) is 2.61. The van der Waals surface area contributed by atoms with Crippen molar-refractivity contribution in [2.24, 2.45) is 0 Å². The van der Waals surface area contributed by atoms with Crippen molar-refractivity contribution in [3.05, 3.63) is 33.3 Å². The molecule has 1 atom stereocenters. The predicted molar refractivity (Wildman–Crippen MR) is 71.4 cm³/mol. The zero-order valence-corrected chi connectivity index (χ0v) is 11.8. The van der Waals surface area contributed by atoms with Gasteiger partial charge in [-0.15, -0.1) is 0 Å². The molecule has 1 saturated heterocycles. The van der Waals surface area contributed by atoms with Gasteiger partial charge in [0, 0.05) is 22.6 Å². The maximum Gasteiger partial charge on any atom is 0.0933 e. The average molecular weight is 321 g/mol. The van der Waals surface area contributed by atoms with Crippen molar-refractivity contribution in [2.75, 3.05) is 26.3 Å². The van der Waals surface area contributed by atoms with E-state index in [1.807, 2.05) is 18.2 Å². The van der Waals surface area contributed by atoms with Gasteiger partial charge in [-0.2, -0.15) is 0 Å². The molecule has 0 aliphatic carbocycles. The molecule has 1 aliphatic rings. The molecule has 1 heterocycles. The normalized spacial score (nSPS) is 20.5. The third-order valence-corrected chi connectivity index (χ3v) is 3.43. The maximum atomic E-state index is 6.10. The zero-order valence-electron chi connectivity index (χ0n) is 9.42. The number of morpholine rings is 1. The summed E-state index contributed by atoms with van der Waals surface area (Å²) in [6, 6.07) is 5.80. The van der Waals surface area contributed by atoms with E-state index in [4.69, 9.17) is 21.1 Å². The molecule has 1 aromatic carbocycles. The number of hydrogen-bond acceptors (Lipinski definition) is 3. The summed E-state index contributed by atoms with van der Waals surface area (Å²) >= 11 is 9.47.